The standard InChI is InChI=1S/C17H19BrN2O3S/c1-10(2)17(22)23-14(12-4-6-13(18)7-5-12)15(21)20-11(3)16-19-8-9-24-16/h4-11,14H,1-3H3,(H,20,21). The number of carbonyl (C=O) groups excluding carboxylic acids is 2. The summed E-state index contributed by atoms with van der Waals surface area (Å²) in [6, 6.07) is 6.88. The first-order valence-electron chi connectivity index (χ1n) is 7.54. The van der Waals surface area contributed by atoms with Crippen LogP contribution in [-0.4, -0.2) is 16.9 Å². The van der Waals surface area contributed by atoms with Gasteiger partial charge in [0.05, 0.1) is 12.0 Å². The molecular formula is C17H19BrN2O3S. The summed E-state index contributed by atoms with van der Waals surface area (Å²) in [6.45, 7) is 5.31. The number of halogens is 1. The molecule has 2 aromatic rings. The Labute approximate surface area is 153 Å². The second-order valence-electron chi connectivity index (χ2n) is 5.62. The van der Waals surface area contributed by atoms with Gasteiger partial charge in [-0.1, -0.05) is 41.9 Å². The third-order valence-electron chi connectivity index (χ3n) is 3.30. The van der Waals surface area contributed by atoms with Crippen LogP contribution < -0.4 is 5.32 Å². The average Bonchev–Trinajstić information content (AvgIpc) is 3.07. The maximum atomic E-state index is 12.7. The van der Waals surface area contributed by atoms with Crippen molar-refractivity contribution in [3.63, 3.8) is 0 Å². The van der Waals surface area contributed by atoms with E-state index in [2.05, 4.69) is 26.2 Å². The van der Waals surface area contributed by atoms with Crippen molar-refractivity contribution in [2.45, 2.75) is 32.9 Å². The first kappa shape index (κ1) is 18.6. The van der Waals surface area contributed by atoms with Crippen LogP contribution in [-0.2, 0) is 14.3 Å². The molecule has 24 heavy (non-hydrogen) atoms. The smallest absolute Gasteiger partial charge is 0.309 e. The highest BCUT2D eigenvalue weighted by molar-refractivity contribution is 9.10. The molecule has 0 saturated heterocycles. The number of carbonyl (C=O) groups is 2. The van der Waals surface area contributed by atoms with Gasteiger partial charge in [-0.15, -0.1) is 11.3 Å². The van der Waals surface area contributed by atoms with E-state index in [1.165, 1.54) is 11.3 Å². The third-order valence-corrected chi connectivity index (χ3v) is 4.78. The van der Waals surface area contributed by atoms with E-state index < -0.39 is 12.1 Å². The van der Waals surface area contributed by atoms with E-state index in [-0.39, 0.29) is 17.9 Å². The van der Waals surface area contributed by atoms with E-state index in [4.69, 9.17) is 4.74 Å². The molecule has 0 fully saturated rings. The van der Waals surface area contributed by atoms with Crippen molar-refractivity contribution in [1.82, 2.24) is 10.3 Å². The van der Waals surface area contributed by atoms with Crippen LogP contribution in [0.5, 0.6) is 0 Å². The van der Waals surface area contributed by atoms with Crippen LogP contribution in [0.4, 0.5) is 0 Å². The van der Waals surface area contributed by atoms with Gasteiger partial charge in [0, 0.05) is 21.6 Å². The quantitative estimate of drug-likeness (QED) is 0.729. The van der Waals surface area contributed by atoms with E-state index in [1.54, 1.807) is 32.2 Å². The lowest BCUT2D eigenvalue weighted by Gasteiger charge is -2.21. The second kappa shape index (κ2) is 8.39. The fourth-order valence-electron chi connectivity index (χ4n) is 1.96. The van der Waals surface area contributed by atoms with Gasteiger partial charge in [-0.05, 0) is 19.1 Å². The minimum Gasteiger partial charge on any atom is -0.447 e. The van der Waals surface area contributed by atoms with Crippen LogP contribution in [0.3, 0.4) is 0 Å². The molecule has 0 aliphatic carbocycles. The van der Waals surface area contributed by atoms with Crippen molar-refractivity contribution >= 4 is 39.1 Å². The molecule has 2 unspecified atom stereocenters. The molecule has 7 heteroatoms. The number of esters is 1. The molecule has 0 radical (unpaired) electrons. The highest BCUT2D eigenvalue weighted by Gasteiger charge is 2.27. The van der Waals surface area contributed by atoms with Gasteiger partial charge in [0.2, 0.25) is 6.10 Å². The maximum absolute atomic E-state index is 12.7. The molecule has 1 heterocycles. The van der Waals surface area contributed by atoms with Gasteiger partial charge < -0.3 is 10.1 Å². The Bertz CT molecular complexity index is 686. The predicted octanol–water partition coefficient (Wildman–Crippen LogP) is 4.02. The van der Waals surface area contributed by atoms with E-state index in [0.717, 1.165) is 9.48 Å². The fraction of sp³-hybridized carbons (Fsp3) is 0.353. The SMILES string of the molecule is CC(C)C(=O)OC(C(=O)NC(C)c1nccs1)c1ccc(Br)cc1. The molecule has 0 saturated carbocycles. The van der Waals surface area contributed by atoms with Gasteiger partial charge in [-0.2, -0.15) is 0 Å². The van der Waals surface area contributed by atoms with Crippen molar-refractivity contribution in [3.8, 4) is 0 Å². The van der Waals surface area contributed by atoms with E-state index in [9.17, 15) is 9.59 Å². The Morgan fingerprint density at radius 1 is 1.21 bits per heavy atom. The Kier molecular flexibility index (Phi) is 6.51. The van der Waals surface area contributed by atoms with Gasteiger partial charge in [-0.3, -0.25) is 9.59 Å². The number of aromatic nitrogens is 1. The Morgan fingerprint density at radius 2 is 1.88 bits per heavy atom. The number of rotatable bonds is 6. The first-order valence-corrected chi connectivity index (χ1v) is 9.21. The molecular weight excluding hydrogens is 392 g/mol. The summed E-state index contributed by atoms with van der Waals surface area (Å²) < 4.78 is 6.32. The summed E-state index contributed by atoms with van der Waals surface area (Å²) in [5.74, 6) is -1.10. The largest absolute Gasteiger partial charge is 0.447 e. The molecule has 128 valence electrons. The lowest BCUT2D eigenvalue weighted by molar-refractivity contribution is -0.159. The normalized spacial score (nSPS) is 13.4. The van der Waals surface area contributed by atoms with Crippen molar-refractivity contribution in [2.24, 2.45) is 5.92 Å². The molecule has 0 aliphatic heterocycles. The van der Waals surface area contributed by atoms with Crippen LogP contribution in [0.2, 0.25) is 0 Å². The van der Waals surface area contributed by atoms with Crippen molar-refractivity contribution < 1.29 is 14.3 Å². The van der Waals surface area contributed by atoms with Gasteiger partial charge in [0.25, 0.3) is 5.91 Å². The summed E-state index contributed by atoms with van der Waals surface area (Å²) in [4.78, 5) is 28.9. The minimum absolute atomic E-state index is 0.256. The van der Waals surface area contributed by atoms with Crippen LogP contribution >= 0.6 is 27.3 Å². The number of benzene rings is 1. The van der Waals surface area contributed by atoms with Gasteiger partial charge in [-0.25, -0.2) is 4.98 Å². The number of hydrogen-bond donors (Lipinski definition) is 1. The highest BCUT2D eigenvalue weighted by atomic mass is 79.9. The van der Waals surface area contributed by atoms with E-state index in [1.807, 2.05) is 24.4 Å². The number of nitrogens with zero attached hydrogens (tertiary/aromatic N) is 1. The molecule has 2 atom stereocenters. The molecule has 1 N–H and O–H groups in total. The molecule has 1 amide bonds. The van der Waals surface area contributed by atoms with Gasteiger partial charge >= 0.3 is 5.97 Å². The molecule has 0 bridgehead atoms. The summed E-state index contributed by atoms with van der Waals surface area (Å²) in [5.41, 5.74) is 0.621. The summed E-state index contributed by atoms with van der Waals surface area (Å²) in [7, 11) is 0. The molecule has 0 aliphatic rings. The topological polar surface area (TPSA) is 68.3 Å². The second-order valence-corrected chi connectivity index (χ2v) is 7.47. The van der Waals surface area contributed by atoms with Crippen LogP contribution in [0, 0.1) is 5.92 Å². The zero-order valence-corrected chi connectivity index (χ0v) is 16.1. The van der Waals surface area contributed by atoms with Gasteiger partial charge in [0.15, 0.2) is 0 Å². The van der Waals surface area contributed by atoms with Crippen molar-refractivity contribution in [2.75, 3.05) is 0 Å². The molecule has 1 aromatic carbocycles. The summed E-state index contributed by atoms with van der Waals surface area (Å²) in [6.07, 6.45) is 0.698. The van der Waals surface area contributed by atoms with E-state index >= 15 is 0 Å². The van der Waals surface area contributed by atoms with Crippen molar-refractivity contribution in [3.05, 3.63) is 50.9 Å². The number of ether oxygens (including phenoxy) is 1. The minimum atomic E-state index is -0.990. The zero-order chi connectivity index (χ0) is 17.7. The van der Waals surface area contributed by atoms with Crippen molar-refractivity contribution in [1.29, 1.82) is 0 Å². The molecule has 5 nitrogen and oxygen atoms in total. The number of nitrogens with one attached hydrogen (secondary N) is 1. The molecule has 1 aromatic heterocycles. The van der Waals surface area contributed by atoms with Crippen LogP contribution in [0.25, 0.3) is 0 Å². The average molecular weight is 411 g/mol. The lowest BCUT2D eigenvalue weighted by atomic mass is 10.1. The first-order chi connectivity index (χ1) is 11.4. The van der Waals surface area contributed by atoms with Crippen LogP contribution in [0.1, 0.15) is 43.5 Å². The summed E-state index contributed by atoms with van der Waals surface area (Å²) >= 11 is 4.82. The Hall–Kier alpha value is -1.73. The fourth-order valence-corrected chi connectivity index (χ4v) is 2.87. The lowest BCUT2D eigenvalue weighted by Crippen LogP contribution is -2.34. The number of thiazole rings is 1. The third kappa shape index (κ3) is 4.88. The predicted molar refractivity (Wildman–Crippen MR) is 96.5 cm³/mol. The maximum Gasteiger partial charge on any atom is 0.309 e. The monoisotopic (exact) mass is 410 g/mol. The summed E-state index contributed by atoms with van der Waals surface area (Å²) in [5, 5.41) is 5.51. The Morgan fingerprint density at radius 3 is 2.42 bits per heavy atom. The zero-order valence-electron chi connectivity index (χ0n) is 13.7. The van der Waals surface area contributed by atoms with E-state index in [0.29, 0.717) is 5.56 Å². The van der Waals surface area contributed by atoms with Crippen LogP contribution in [0.15, 0.2) is 40.3 Å². The number of amides is 1. The highest BCUT2D eigenvalue weighted by Crippen LogP contribution is 2.23. The Balaban J connectivity index is 2.19. The number of hydrogen-bond acceptors (Lipinski definition) is 5. The molecule has 0 spiro atoms. The van der Waals surface area contributed by atoms with Gasteiger partial charge in [0.1, 0.15) is 5.01 Å². The molecule has 2 rings (SSSR count).